The van der Waals surface area contributed by atoms with Gasteiger partial charge in [0, 0.05) is 6.54 Å². The molecule has 0 aliphatic heterocycles. The SMILES string of the molecule is CCN(CC)CCOc1ccc(C(CCCCc2ccccc2)=NO)cc1. The third kappa shape index (κ3) is 7.43. The summed E-state index contributed by atoms with van der Waals surface area (Å²) in [5.41, 5.74) is 3.04. The molecule has 0 heterocycles. The van der Waals surface area contributed by atoms with Gasteiger partial charge in [0.15, 0.2) is 0 Å². The van der Waals surface area contributed by atoms with E-state index in [0.717, 1.165) is 62.3 Å². The van der Waals surface area contributed by atoms with Gasteiger partial charge in [-0.25, -0.2) is 0 Å². The van der Waals surface area contributed by atoms with Gasteiger partial charge in [0.1, 0.15) is 12.4 Å². The molecule has 2 aromatic rings. The third-order valence-electron chi connectivity index (χ3n) is 4.85. The number of unbranched alkanes of at least 4 members (excludes halogenated alkanes) is 1. The van der Waals surface area contributed by atoms with Crippen LogP contribution in [0.4, 0.5) is 0 Å². The lowest BCUT2D eigenvalue weighted by Gasteiger charge is -2.18. The molecule has 0 atom stereocenters. The van der Waals surface area contributed by atoms with E-state index in [-0.39, 0.29) is 0 Å². The Morgan fingerprint density at radius 3 is 2.30 bits per heavy atom. The van der Waals surface area contributed by atoms with Crippen LogP contribution in [0.1, 0.15) is 44.2 Å². The van der Waals surface area contributed by atoms with E-state index < -0.39 is 0 Å². The highest BCUT2D eigenvalue weighted by Crippen LogP contribution is 2.16. The summed E-state index contributed by atoms with van der Waals surface area (Å²) in [7, 11) is 0. The largest absolute Gasteiger partial charge is 0.492 e. The molecule has 0 amide bonds. The van der Waals surface area contributed by atoms with Crippen LogP contribution < -0.4 is 4.74 Å². The standard InChI is InChI=1S/C23H32N2O2/c1-3-25(4-2)18-19-27-22-16-14-21(15-17-22)23(24-26)13-9-8-12-20-10-6-5-7-11-20/h5-7,10-11,14-17,26H,3-4,8-9,12-13,18-19H2,1-2H3. The minimum atomic E-state index is 0.682. The molecule has 1 N–H and O–H groups in total. The second-order valence-electron chi connectivity index (χ2n) is 6.64. The monoisotopic (exact) mass is 368 g/mol. The zero-order valence-electron chi connectivity index (χ0n) is 16.6. The van der Waals surface area contributed by atoms with Gasteiger partial charge in [0.05, 0.1) is 5.71 Å². The highest BCUT2D eigenvalue weighted by molar-refractivity contribution is 6.00. The number of hydrogen-bond donors (Lipinski definition) is 1. The van der Waals surface area contributed by atoms with Crippen molar-refractivity contribution in [3.8, 4) is 5.75 Å². The van der Waals surface area contributed by atoms with Gasteiger partial charge in [-0.1, -0.05) is 49.3 Å². The number of hydrogen-bond acceptors (Lipinski definition) is 4. The summed E-state index contributed by atoms with van der Waals surface area (Å²) in [5, 5.41) is 12.9. The molecule has 0 saturated heterocycles. The van der Waals surface area contributed by atoms with Crippen molar-refractivity contribution in [2.75, 3.05) is 26.2 Å². The average Bonchev–Trinajstić information content (AvgIpc) is 2.73. The van der Waals surface area contributed by atoms with Gasteiger partial charge in [-0.15, -0.1) is 0 Å². The number of aryl methyl sites for hydroxylation is 1. The van der Waals surface area contributed by atoms with Crippen molar-refractivity contribution in [2.45, 2.75) is 39.5 Å². The Labute approximate surface area is 163 Å². The summed E-state index contributed by atoms with van der Waals surface area (Å²) in [6.45, 7) is 8.02. The normalized spacial score (nSPS) is 11.7. The lowest BCUT2D eigenvalue weighted by atomic mass is 10.0. The van der Waals surface area contributed by atoms with E-state index >= 15 is 0 Å². The maximum atomic E-state index is 9.37. The molecule has 4 nitrogen and oxygen atoms in total. The number of oxime groups is 1. The zero-order valence-corrected chi connectivity index (χ0v) is 16.6. The van der Waals surface area contributed by atoms with Gasteiger partial charge in [-0.05, 0) is 74.2 Å². The van der Waals surface area contributed by atoms with Crippen molar-refractivity contribution < 1.29 is 9.94 Å². The summed E-state index contributed by atoms with van der Waals surface area (Å²) in [6, 6.07) is 18.3. The summed E-state index contributed by atoms with van der Waals surface area (Å²) < 4.78 is 5.81. The topological polar surface area (TPSA) is 45.1 Å². The molecule has 0 saturated carbocycles. The van der Waals surface area contributed by atoms with Crippen molar-refractivity contribution in [3.05, 3.63) is 65.7 Å². The Morgan fingerprint density at radius 1 is 0.963 bits per heavy atom. The predicted molar refractivity (Wildman–Crippen MR) is 112 cm³/mol. The molecule has 0 fully saturated rings. The molecular weight excluding hydrogens is 336 g/mol. The first kappa shape index (κ1) is 21.0. The molecule has 4 heteroatoms. The van der Waals surface area contributed by atoms with Gasteiger partial charge in [0.2, 0.25) is 0 Å². The lowest BCUT2D eigenvalue weighted by molar-refractivity contribution is 0.223. The zero-order chi connectivity index (χ0) is 19.3. The van der Waals surface area contributed by atoms with Gasteiger partial charge in [-0.3, -0.25) is 0 Å². The first-order valence-corrected chi connectivity index (χ1v) is 9.97. The fourth-order valence-electron chi connectivity index (χ4n) is 3.09. The van der Waals surface area contributed by atoms with Crippen LogP contribution in [0, 0.1) is 0 Å². The first-order chi connectivity index (χ1) is 13.3. The lowest BCUT2D eigenvalue weighted by Crippen LogP contribution is -2.27. The van der Waals surface area contributed by atoms with Crippen molar-refractivity contribution >= 4 is 5.71 Å². The highest BCUT2D eigenvalue weighted by atomic mass is 16.5. The Bertz CT molecular complexity index is 665. The molecule has 0 unspecified atom stereocenters. The Morgan fingerprint density at radius 2 is 1.67 bits per heavy atom. The number of nitrogens with zero attached hydrogens (tertiary/aromatic N) is 2. The average molecular weight is 369 g/mol. The van der Waals surface area contributed by atoms with Crippen LogP contribution in [0.25, 0.3) is 0 Å². The van der Waals surface area contributed by atoms with E-state index in [0.29, 0.717) is 6.61 Å². The molecular formula is C23H32N2O2. The number of benzene rings is 2. The minimum Gasteiger partial charge on any atom is -0.492 e. The Balaban J connectivity index is 1.76. The van der Waals surface area contributed by atoms with E-state index in [9.17, 15) is 5.21 Å². The van der Waals surface area contributed by atoms with Crippen LogP contribution in [0.15, 0.2) is 59.8 Å². The van der Waals surface area contributed by atoms with Crippen LogP contribution in [-0.2, 0) is 6.42 Å². The van der Waals surface area contributed by atoms with Gasteiger partial charge in [0.25, 0.3) is 0 Å². The molecule has 0 aromatic heterocycles. The van der Waals surface area contributed by atoms with Crippen molar-refractivity contribution in [2.24, 2.45) is 5.16 Å². The van der Waals surface area contributed by atoms with E-state index in [2.05, 4.69) is 48.2 Å². The number of rotatable bonds is 12. The van der Waals surface area contributed by atoms with Crippen LogP contribution in [-0.4, -0.2) is 42.1 Å². The second kappa shape index (κ2) is 12.1. The number of ether oxygens (including phenoxy) is 1. The maximum absolute atomic E-state index is 9.37. The summed E-state index contributed by atoms with van der Waals surface area (Å²) in [6.07, 6.45) is 3.90. The van der Waals surface area contributed by atoms with Crippen molar-refractivity contribution in [3.63, 3.8) is 0 Å². The second-order valence-corrected chi connectivity index (χ2v) is 6.64. The molecule has 27 heavy (non-hydrogen) atoms. The van der Waals surface area contributed by atoms with Gasteiger partial charge >= 0.3 is 0 Å². The summed E-state index contributed by atoms with van der Waals surface area (Å²) in [5.74, 6) is 0.854. The Hall–Kier alpha value is -2.33. The molecule has 0 spiro atoms. The van der Waals surface area contributed by atoms with Gasteiger partial charge in [-0.2, -0.15) is 0 Å². The fraction of sp³-hybridized carbons (Fsp3) is 0.435. The molecule has 2 aromatic carbocycles. The van der Waals surface area contributed by atoms with Crippen LogP contribution in [0.3, 0.4) is 0 Å². The van der Waals surface area contributed by atoms with Gasteiger partial charge < -0.3 is 14.8 Å². The minimum absolute atomic E-state index is 0.682. The van der Waals surface area contributed by atoms with E-state index in [1.165, 1.54) is 5.56 Å². The molecule has 0 aliphatic rings. The molecule has 0 aliphatic carbocycles. The maximum Gasteiger partial charge on any atom is 0.119 e. The first-order valence-electron chi connectivity index (χ1n) is 9.97. The molecule has 146 valence electrons. The number of likely N-dealkylation sites (N-methyl/N-ethyl adjacent to an activating group) is 1. The Kier molecular flexibility index (Phi) is 9.42. The highest BCUT2D eigenvalue weighted by Gasteiger charge is 2.06. The van der Waals surface area contributed by atoms with E-state index in [1.54, 1.807) is 0 Å². The van der Waals surface area contributed by atoms with E-state index in [4.69, 9.17) is 4.74 Å². The quantitative estimate of drug-likeness (QED) is 0.248. The molecule has 0 bridgehead atoms. The molecule has 2 rings (SSSR count). The van der Waals surface area contributed by atoms with Crippen LogP contribution >= 0.6 is 0 Å². The van der Waals surface area contributed by atoms with E-state index in [1.807, 2.05) is 30.3 Å². The molecule has 0 radical (unpaired) electrons. The van der Waals surface area contributed by atoms with Crippen molar-refractivity contribution in [1.82, 2.24) is 4.90 Å². The van der Waals surface area contributed by atoms with Crippen molar-refractivity contribution in [1.29, 1.82) is 0 Å². The third-order valence-corrected chi connectivity index (χ3v) is 4.85. The smallest absolute Gasteiger partial charge is 0.119 e. The predicted octanol–water partition coefficient (Wildman–Crippen LogP) is 5.00. The summed E-state index contributed by atoms with van der Waals surface area (Å²) in [4.78, 5) is 2.33. The fourth-order valence-corrected chi connectivity index (χ4v) is 3.09. The van der Waals surface area contributed by atoms with Crippen LogP contribution in [0.2, 0.25) is 0 Å². The summed E-state index contributed by atoms with van der Waals surface area (Å²) >= 11 is 0. The van der Waals surface area contributed by atoms with Crippen LogP contribution in [0.5, 0.6) is 5.75 Å².